The predicted octanol–water partition coefficient (Wildman–Crippen LogP) is 2.80. The van der Waals surface area contributed by atoms with Crippen molar-refractivity contribution in [1.29, 1.82) is 0 Å². The molecule has 1 N–H and O–H groups in total. The number of rotatable bonds is 9. The Hall–Kier alpha value is -2.09. The highest BCUT2D eigenvalue weighted by Crippen LogP contribution is 2.20. The highest BCUT2D eigenvalue weighted by Gasteiger charge is 2.16. The summed E-state index contributed by atoms with van der Waals surface area (Å²) in [6.45, 7) is 2.06. The van der Waals surface area contributed by atoms with E-state index in [2.05, 4.69) is 4.72 Å². The summed E-state index contributed by atoms with van der Waals surface area (Å²) >= 11 is 5.93. The SMILES string of the molecule is CCOC(=O)COc1cccc(CCNS(=O)(=O)c2ccccc2Cl)c1. The maximum absolute atomic E-state index is 12.3. The van der Waals surface area contributed by atoms with E-state index in [1.807, 2.05) is 6.07 Å². The minimum absolute atomic E-state index is 0.0492. The topological polar surface area (TPSA) is 81.7 Å². The standard InChI is InChI=1S/C18H20ClNO5S/c1-2-24-18(21)13-25-15-7-5-6-14(12-15)10-11-20-26(22,23)17-9-4-3-8-16(17)19/h3-9,12,20H,2,10-11,13H2,1H3. The molecule has 6 nitrogen and oxygen atoms in total. The van der Waals surface area contributed by atoms with Crippen LogP contribution in [0.25, 0.3) is 0 Å². The van der Waals surface area contributed by atoms with Crippen LogP contribution in [0.15, 0.2) is 53.4 Å². The largest absolute Gasteiger partial charge is 0.482 e. The Balaban J connectivity index is 1.91. The first-order valence-corrected chi connectivity index (χ1v) is 9.90. The molecule has 0 heterocycles. The lowest BCUT2D eigenvalue weighted by atomic mass is 10.1. The second kappa shape index (κ2) is 9.56. The summed E-state index contributed by atoms with van der Waals surface area (Å²) in [6.07, 6.45) is 0.459. The summed E-state index contributed by atoms with van der Waals surface area (Å²) in [6, 6.07) is 13.4. The number of benzene rings is 2. The summed E-state index contributed by atoms with van der Waals surface area (Å²) in [4.78, 5) is 11.4. The van der Waals surface area contributed by atoms with Gasteiger partial charge in [0.1, 0.15) is 10.6 Å². The first kappa shape index (κ1) is 20.2. The maximum Gasteiger partial charge on any atom is 0.344 e. The minimum Gasteiger partial charge on any atom is -0.482 e. The highest BCUT2D eigenvalue weighted by molar-refractivity contribution is 7.89. The lowest BCUT2D eigenvalue weighted by molar-refractivity contribution is -0.145. The molecule has 140 valence electrons. The molecule has 8 heteroatoms. The zero-order valence-corrected chi connectivity index (χ0v) is 15.8. The normalized spacial score (nSPS) is 11.2. The van der Waals surface area contributed by atoms with Crippen LogP contribution in [0.1, 0.15) is 12.5 Å². The quantitative estimate of drug-likeness (QED) is 0.658. The average Bonchev–Trinajstić information content (AvgIpc) is 2.61. The molecule has 0 bridgehead atoms. The fourth-order valence-electron chi connectivity index (χ4n) is 2.21. The van der Waals surface area contributed by atoms with Gasteiger partial charge in [-0.2, -0.15) is 0 Å². The molecule has 2 aromatic rings. The van der Waals surface area contributed by atoms with Crippen molar-refractivity contribution in [2.75, 3.05) is 19.8 Å². The lowest BCUT2D eigenvalue weighted by Gasteiger charge is -2.10. The molecule has 0 radical (unpaired) electrons. The molecule has 0 aliphatic heterocycles. The van der Waals surface area contributed by atoms with Gasteiger partial charge in [-0.1, -0.05) is 35.9 Å². The smallest absolute Gasteiger partial charge is 0.344 e. The van der Waals surface area contributed by atoms with Gasteiger partial charge < -0.3 is 9.47 Å². The van der Waals surface area contributed by atoms with Gasteiger partial charge in [0.2, 0.25) is 10.0 Å². The number of carbonyl (C=O) groups is 1. The number of halogens is 1. The van der Waals surface area contributed by atoms with Crippen molar-refractivity contribution >= 4 is 27.6 Å². The highest BCUT2D eigenvalue weighted by atomic mass is 35.5. The zero-order chi connectivity index (χ0) is 19.0. The van der Waals surface area contributed by atoms with Gasteiger partial charge in [0, 0.05) is 6.54 Å². The Kier molecular flexibility index (Phi) is 7.44. The molecule has 0 amide bonds. The van der Waals surface area contributed by atoms with Crippen molar-refractivity contribution in [3.8, 4) is 5.75 Å². The van der Waals surface area contributed by atoms with Crippen LogP contribution in [0, 0.1) is 0 Å². The van der Waals surface area contributed by atoms with Gasteiger partial charge in [0.05, 0.1) is 11.6 Å². The van der Waals surface area contributed by atoms with Crippen LogP contribution in [0.3, 0.4) is 0 Å². The van der Waals surface area contributed by atoms with E-state index in [0.29, 0.717) is 18.8 Å². The van der Waals surface area contributed by atoms with Gasteiger partial charge in [-0.3, -0.25) is 0 Å². The van der Waals surface area contributed by atoms with Gasteiger partial charge >= 0.3 is 5.97 Å². The van der Waals surface area contributed by atoms with Crippen LogP contribution >= 0.6 is 11.6 Å². The van der Waals surface area contributed by atoms with Crippen molar-refractivity contribution in [3.63, 3.8) is 0 Å². The van der Waals surface area contributed by atoms with Crippen molar-refractivity contribution in [2.24, 2.45) is 0 Å². The van der Waals surface area contributed by atoms with Crippen LogP contribution in [-0.4, -0.2) is 34.1 Å². The van der Waals surface area contributed by atoms with Crippen molar-refractivity contribution in [3.05, 3.63) is 59.1 Å². The van der Waals surface area contributed by atoms with E-state index in [0.717, 1.165) is 5.56 Å². The van der Waals surface area contributed by atoms with Gasteiger partial charge in [-0.05, 0) is 43.2 Å². The number of esters is 1. The van der Waals surface area contributed by atoms with E-state index in [4.69, 9.17) is 21.1 Å². The second-order valence-corrected chi connectivity index (χ2v) is 7.46. The molecule has 0 aromatic heterocycles. The molecule has 0 fully saturated rings. The maximum atomic E-state index is 12.3. The molecule has 0 unspecified atom stereocenters. The Morgan fingerprint density at radius 3 is 2.65 bits per heavy atom. The van der Waals surface area contributed by atoms with Crippen LogP contribution in [0.4, 0.5) is 0 Å². The summed E-state index contributed by atoms with van der Waals surface area (Å²) in [5, 5.41) is 0.175. The van der Waals surface area contributed by atoms with Gasteiger partial charge in [0.25, 0.3) is 0 Å². The van der Waals surface area contributed by atoms with Crippen LogP contribution in [0.5, 0.6) is 5.75 Å². The summed E-state index contributed by atoms with van der Waals surface area (Å²) in [5.41, 5.74) is 0.869. The molecule has 0 saturated heterocycles. The fraction of sp³-hybridized carbons (Fsp3) is 0.278. The van der Waals surface area contributed by atoms with E-state index in [1.54, 1.807) is 37.3 Å². The van der Waals surface area contributed by atoms with Gasteiger partial charge in [0.15, 0.2) is 6.61 Å². The Morgan fingerprint density at radius 1 is 1.15 bits per heavy atom. The molecule has 0 atom stereocenters. The molecular formula is C18H20ClNO5S. The van der Waals surface area contributed by atoms with Crippen LogP contribution in [0.2, 0.25) is 5.02 Å². The number of ether oxygens (including phenoxy) is 2. The number of sulfonamides is 1. The minimum atomic E-state index is -3.67. The fourth-order valence-corrected chi connectivity index (χ4v) is 3.76. The Labute approximate surface area is 158 Å². The van der Waals surface area contributed by atoms with E-state index in [-0.39, 0.29) is 23.1 Å². The van der Waals surface area contributed by atoms with Crippen molar-refractivity contribution < 1.29 is 22.7 Å². The summed E-state index contributed by atoms with van der Waals surface area (Å²) in [5.74, 6) is 0.0786. The average molecular weight is 398 g/mol. The lowest BCUT2D eigenvalue weighted by Crippen LogP contribution is -2.26. The Morgan fingerprint density at radius 2 is 1.92 bits per heavy atom. The molecule has 0 saturated carbocycles. The number of nitrogens with one attached hydrogen (secondary N) is 1. The third-order valence-electron chi connectivity index (χ3n) is 3.39. The third kappa shape index (κ3) is 6.01. The van der Waals surface area contributed by atoms with Crippen LogP contribution < -0.4 is 9.46 Å². The Bertz CT molecular complexity index is 854. The molecule has 0 aliphatic carbocycles. The summed E-state index contributed by atoms with van der Waals surface area (Å²) < 4.78 is 37.2. The monoisotopic (exact) mass is 397 g/mol. The van der Waals surface area contributed by atoms with E-state index in [9.17, 15) is 13.2 Å². The summed E-state index contributed by atoms with van der Waals surface area (Å²) in [7, 11) is -3.67. The van der Waals surface area contributed by atoms with E-state index in [1.165, 1.54) is 12.1 Å². The predicted molar refractivity (Wildman–Crippen MR) is 98.9 cm³/mol. The first-order chi connectivity index (χ1) is 12.4. The number of carbonyl (C=O) groups excluding carboxylic acids is 1. The second-order valence-electron chi connectivity index (χ2n) is 5.32. The van der Waals surface area contributed by atoms with E-state index >= 15 is 0 Å². The number of hydrogen-bond acceptors (Lipinski definition) is 5. The van der Waals surface area contributed by atoms with Gasteiger partial charge in [-0.15, -0.1) is 0 Å². The third-order valence-corrected chi connectivity index (χ3v) is 5.35. The van der Waals surface area contributed by atoms with Crippen molar-refractivity contribution in [2.45, 2.75) is 18.2 Å². The number of hydrogen-bond donors (Lipinski definition) is 1. The molecule has 26 heavy (non-hydrogen) atoms. The molecule has 0 aliphatic rings. The van der Waals surface area contributed by atoms with E-state index < -0.39 is 16.0 Å². The molecular weight excluding hydrogens is 378 g/mol. The van der Waals surface area contributed by atoms with Crippen LogP contribution in [-0.2, 0) is 26.0 Å². The van der Waals surface area contributed by atoms with Crippen molar-refractivity contribution in [1.82, 2.24) is 4.72 Å². The van der Waals surface area contributed by atoms with Gasteiger partial charge in [-0.25, -0.2) is 17.9 Å². The zero-order valence-electron chi connectivity index (χ0n) is 14.3. The first-order valence-electron chi connectivity index (χ1n) is 8.04. The molecule has 2 rings (SSSR count). The molecule has 2 aromatic carbocycles. The molecule has 0 spiro atoms.